The molecule has 10 atom stereocenters. The molecule has 1 aromatic rings. The van der Waals surface area contributed by atoms with Crippen LogP contribution in [0.4, 0.5) is 0 Å². The minimum atomic E-state index is -0.129. The lowest BCUT2D eigenvalue weighted by atomic mass is 9.33. The summed E-state index contributed by atoms with van der Waals surface area (Å²) in [6, 6.07) is 4.00. The van der Waals surface area contributed by atoms with Gasteiger partial charge in [0.25, 0.3) is 0 Å². The van der Waals surface area contributed by atoms with Crippen LogP contribution in [0.1, 0.15) is 214 Å². The molecular formula is C51H84NO2+. The van der Waals surface area contributed by atoms with Crippen molar-refractivity contribution in [1.82, 2.24) is 0 Å². The Balaban J connectivity index is 1.02. The van der Waals surface area contributed by atoms with Gasteiger partial charge in [-0.3, -0.25) is 0 Å². The van der Waals surface area contributed by atoms with E-state index in [-0.39, 0.29) is 22.9 Å². The van der Waals surface area contributed by atoms with Gasteiger partial charge in [-0.15, -0.1) is 0 Å². The van der Waals surface area contributed by atoms with E-state index in [4.69, 9.17) is 4.74 Å². The predicted molar refractivity (Wildman–Crippen MR) is 226 cm³/mol. The lowest BCUT2D eigenvalue weighted by Crippen LogP contribution is -2.65. The van der Waals surface area contributed by atoms with E-state index in [2.05, 4.69) is 79.2 Å². The Hall–Kier alpha value is -1.64. The van der Waals surface area contributed by atoms with Crippen LogP contribution in [0.5, 0.6) is 0 Å². The molecule has 4 saturated carbocycles. The van der Waals surface area contributed by atoms with Crippen LogP contribution in [0, 0.1) is 56.7 Å². The zero-order valence-electron chi connectivity index (χ0n) is 36.9. The van der Waals surface area contributed by atoms with Gasteiger partial charge in [0.2, 0.25) is 0 Å². The predicted octanol–water partition coefficient (Wildman–Crippen LogP) is 14.3. The molecule has 0 amide bonds. The number of carbonyl (C=O) groups excluding carboxylic acids is 1. The molecule has 304 valence electrons. The third-order valence-electron chi connectivity index (χ3n) is 18.2. The summed E-state index contributed by atoms with van der Waals surface area (Å²) in [5.74, 6) is 3.48. The normalized spacial score (nSPS) is 38.4. The van der Waals surface area contributed by atoms with Crippen LogP contribution in [0.25, 0.3) is 0 Å². The number of allylic oxidation sites excluding steroid dienone is 2. The first kappa shape index (κ1) is 42.0. The summed E-state index contributed by atoms with van der Waals surface area (Å²) in [4.78, 5) is 13.8. The van der Waals surface area contributed by atoms with Gasteiger partial charge in [0.05, 0.1) is 0 Å². The van der Waals surface area contributed by atoms with E-state index in [9.17, 15) is 4.79 Å². The number of hydrogen-bond acceptors (Lipinski definition) is 2. The maximum atomic E-state index is 13.8. The van der Waals surface area contributed by atoms with E-state index in [0.717, 1.165) is 30.7 Å². The second-order valence-electron chi connectivity index (χ2n) is 21.6. The van der Waals surface area contributed by atoms with Crippen LogP contribution in [0.15, 0.2) is 36.2 Å². The fourth-order valence-electron chi connectivity index (χ4n) is 14.3. The average molecular weight is 743 g/mol. The van der Waals surface area contributed by atoms with E-state index in [1.807, 2.05) is 23.9 Å². The molecule has 0 unspecified atom stereocenters. The SMILES string of the molecule is CCCCCCCCCCCCCCC[n+]1cccc(C(=O)O[C@H]2CC[C@]3(C)[C@H]4CC=C5[C@@H]6[C@@H](C)[C@H](C)CC[C@]6(C)CC[C@@]5(C)[C@]4(C)CC[C@H]3C2(C)C)c1. The highest BCUT2D eigenvalue weighted by molar-refractivity contribution is 5.88. The van der Waals surface area contributed by atoms with Crippen molar-refractivity contribution in [2.24, 2.45) is 56.7 Å². The highest BCUT2D eigenvalue weighted by Gasteiger charge is 2.68. The zero-order chi connectivity index (χ0) is 38.8. The van der Waals surface area contributed by atoms with Gasteiger partial charge >= 0.3 is 5.97 Å². The molecule has 5 aliphatic rings. The van der Waals surface area contributed by atoms with Crippen LogP contribution in [0.3, 0.4) is 0 Å². The van der Waals surface area contributed by atoms with Gasteiger partial charge in [-0.1, -0.05) is 145 Å². The van der Waals surface area contributed by atoms with Crippen molar-refractivity contribution in [2.75, 3.05) is 0 Å². The number of aryl methyl sites for hydroxylation is 1. The number of hydrogen-bond donors (Lipinski definition) is 0. The van der Waals surface area contributed by atoms with Gasteiger partial charge < -0.3 is 4.74 Å². The molecule has 0 spiro atoms. The summed E-state index contributed by atoms with van der Waals surface area (Å²) in [6.07, 6.45) is 36.3. The second kappa shape index (κ2) is 17.1. The Morgan fingerprint density at radius 3 is 2.07 bits per heavy atom. The minimum absolute atomic E-state index is 0.0348. The molecule has 0 saturated heterocycles. The molecule has 0 radical (unpaired) electrons. The van der Waals surface area contributed by atoms with E-state index in [1.165, 1.54) is 135 Å². The molecule has 0 bridgehead atoms. The van der Waals surface area contributed by atoms with Crippen molar-refractivity contribution >= 4 is 5.97 Å². The highest BCUT2D eigenvalue weighted by atomic mass is 16.5. The Bertz CT molecular complexity index is 1440. The lowest BCUT2D eigenvalue weighted by molar-refractivity contribution is -0.697. The maximum absolute atomic E-state index is 13.8. The molecule has 3 heteroatoms. The van der Waals surface area contributed by atoms with E-state index in [1.54, 1.807) is 0 Å². The van der Waals surface area contributed by atoms with Gasteiger partial charge in [0.15, 0.2) is 12.4 Å². The standard InChI is InChI=1S/C51H84NO2/c1-10-11-12-13-14-15-16-17-18-19-20-21-22-35-52-36-23-24-40(37-52)46(53)54-44-29-31-49(7)42(47(44,4)5)28-32-51(9)43(49)26-25-41-45-39(3)38(2)27-30-48(45,6)33-34-50(41,51)8/h23-25,36-39,42-45H,10-22,26-35H2,1-9H3/q+1/t38-,39+,42+,43-,44+,45+,48-,49+,50-,51-/m1/s1. The van der Waals surface area contributed by atoms with Crippen molar-refractivity contribution in [1.29, 1.82) is 0 Å². The first-order valence-corrected chi connectivity index (χ1v) is 23.6. The quantitative estimate of drug-likeness (QED) is 0.0731. The molecule has 1 heterocycles. The minimum Gasteiger partial charge on any atom is -0.458 e. The van der Waals surface area contributed by atoms with Crippen molar-refractivity contribution in [3.05, 3.63) is 41.7 Å². The van der Waals surface area contributed by atoms with Crippen LogP contribution >= 0.6 is 0 Å². The summed E-state index contributed by atoms with van der Waals surface area (Å²) >= 11 is 0. The summed E-state index contributed by atoms with van der Waals surface area (Å²) in [6.45, 7) is 24.0. The Morgan fingerprint density at radius 1 is 0.759 bits per heavy atom. The largest absolute Gasteiger partial charge is 0.458 e. The fraction of sp³-hybridized carbons (Fsp3) is 0.843. The number of aromatic nitrogens is 1. The second-order valence-corrected chi connectivity index (χ2v) is 21.6. The number of nitrogens with zero attached hydrogens (tertiary/aromatic N) is 1. The van der Waals surface area contributed by atoms with Gasteiger partial charge in [-0.05, 0) is 122 Å². The van der Waals surface area contributed by atoms with Crippen LogP contribution in [-0.2, 0) is 11.3 Å². The van der Waals surface area contributed by atoms with Crippen molar-refractivity contribution in [2.45, 2.75) is 216 Å². The molecule has 4 fully saturated rings. The van der Waals surface area contributed by atoms with Crippen LogP contribution in [-0.4, -0.2) is 12.1 Å². The highest BCUT2D eigenvalue weighted by Crippen LogP contribution is 2.75. The molecule has 0 aromatic carbocycles. The van der Waals surface area contributed by atoms with Crippen molar-refractivity contribution in [3.63, 3.8) is 0 Å². The average Bonchev–Trinajstić information content (AvgIpc) is 3.14. The molecule has 0 aliphatic heterocycles. The van der Waals surface area contributed by atoms with E-state index < -0.39 is 0 Å². The topological polar surface area (TPSA) is 30.2 Å². The first-order chi connectivity index (χ1) is 25.7. The maximum Gasteiger partial charge on any atom is 0.344 e. The van der Waals surface area contributed by atoms with E-state index >= 15 is 0 Å². The van der Waals surface area contributed by atoms with Gasteiger partial charge in [0, 0.05) is 17.9 Å². The number of carbonyl (C=O) groups is 1. The molecule has 1 aromatic heterocycles. The summed E-state index contributed by atoms with van der Waals surface area (Å²) in [5.41, 5.74) is 3.90. The molecule has 3 nitrogen and oxygen atoms in total. The zero-order valence-corrected chi connectivity index (χ0v) is 36.9. The van der Waals surface area contributed by atoms with Gasteiger partial charge in [0.1, 0.15) is 18.2 Å². The molecule has 54 heavy (non-hydrogen) atoms. The Labute approximate surface area is 333 Å². The number of unbranched alkanes of at least 4 members (excludes halogenated alkanes) is 12. The lowest BCUT2D eigenvalue weighted by Gasteiger charge is -2.71. The molecule has 6 rings (SSSR count). The monoisotopic (exact) mass is 743 g/mol. The summed E-state index contributed by atoms with van der Waals surface area (Å²) < 4.78 is 8.78. The fourth-order valence-corrected chi connectivity index (χ4v) is 14.3. The Kier molecular flexibility index (Phi) is 13.3. The number of rotatable bonds is 16. The third kappa shape index (κ3) is 7.93. The van der Waals surface area contributed by atoms with Crippen molar-refractivity contribution in [3.8, 4) is 0 Å². The van der Waals surface area contributed by atoms with Crippen LogP contribution in [0.2, 0.25) is 0 Å². The van der Waals surface area contributed by atoms with Gasteiger partial charge in [-0.2, -0.15) is 0 Å². The summed E-state index contributed by atoms with van der Waals surface area (Å²) in [7, 11) is 0. The number of fused-ring (bicyclic) bond motifs is 7. The van der Waals surface area contributed by atoms with Crippen LogP contribution < -0.4 is 4.57 Å². The van der Waals surface area contributed by atoms with Crippen molar-refractivity contribution < 1.29 is 14.1 Å². The third-order valence-corrected chi connectivity index (χ3v) is 18.2. The molecule has 5 aliphatic carbocycles. The summed E-state index contributed by atoms with van der Waals surface area (Å²) in [5, 5.41) is 0. The molecule has 0 N–H and O–H groups in total. The smallest absolute Gasteiger partial charge is 0.344 e. The first-order valence-electron chi connectivity index (χ1n) is 23.6. The van der Waals surface area contributed by atoms with E-state index in [0.29, 0.717) is 33.6 Å². The number of pyridine rings is 1. The Morgan fingerprint density at radius 2 is 1.41 bits per heavy atom. The molecular weight excluding hydrogens is 659 g/mol. The van der Waals surface area contributed by atoms with Gasteiger partial charge in [-0.25, -0.2) is 9.36 Å². The number of ether oxygens (including phenoxy) is 1. The number of esters is 1.